The highest BCUT2D eigenvalue weighted by Gasteiger charge is 2.21. The minimum absolute atomic E-state index is 0.210. The topological polar surface area (TPSA) is 41.1 Å². The van der Waals surface area contributed by atoms with Crippen LogP contribution >= 0.6 is 0 Å². The fourth-order valence-electron chi connectivity index (χ4n) is 1.94. The highest BCUT2D eigenvalue weighted by Crippen LogP contribution is 2.25. The first-order valence-electron chi connectivity index (χ1n) is 5.34. The maximum Gasteiger partial charge on any atom is 0.220 e. The number of hydrogen-bond acceptors (Lipinski definition) is 2. The number of amides is 1. The van der Waals surface area contributed by atoms with E-state index in [9.17, 15) is 4.79 Å². The van der Waals surface area contributed by atoms with Crippen LogP contribution in [-0.4, -0.2) is 25.0 Å². The second-order valence-corrected chi connectivity index (χ2v) is 4.24. The normalized spacial score (nSPS) is 29.5. The number of rotatable bonds is 3. The molecule has 2 aliphatic rings. The Morgan fingerprint density at radius 1 is 1.38 bits per heavy atom. The summed E-state index contributed by atoms with van der Waals surface area (Å²) in [4.78, 5) is 10.9. The summed E-state index contributed by atoms with van der Waals surface area (Å²) in [5.41, 5.74) is 0. The summed E-state index contributed by atoms with van der Waals surface area (Å²) in [5.74, 6) is 1.12. The predicted octanol–water partition coefficient (Wildman–Crippen LogP) is 0.655. The molecule has 3 heteroatoms. The molecule has 0 aromatic rings. The van der Waals surface area contributed by atoms with Gasteiger partial charge in [0.25, 0.3) is 0 Å². The van der Waals surface area contributed by atoms with Crippen LogP contribution in [-0.2, 0) is 4.79 Å². The van der Waals surface area contributed by atoms with Crippen LogP contribution in [0.2, 0.25) is 0 Å². The summed E-state index contributed by atoms with van der Waals surface area (Å²) < 4.78 is 0. The van der Waals surface area contributed by atoms with Crippen molar-refractivity contribution in [3.05, 3.63) is 0 Å². The van der Waals surface area contributed by atoms with Gasteiger partial charge in [-0.2, -0.15) is 0 Å². The number of nitrogens with one attached hydrogen (secondary N) is 2. The van der Waals surface area contributed by atoms with Crippen LogP contribution in [0.1, 0.15) is 32.1 Å². The van der Waals surface area contributed by atoms with Crippen LogP contribution < -0.4 is 10.6 Å². The van der Waals surface area contributed by atoms with Gasteiger partial charge in [-0.05, 0) is 31.7 Å². The van der Waals surface area contributed by atoms with Gasteiger partial charge in [-0.3, -0.25) is 4.79 Å². The predicted molar refractivity (Wildman–Crippen MR) is 51.4 cm³/mol. The molecule has 0 spiro atoms. The van der Waals surface area contributed by atoms with Gasteiger partial charge < -0.3 is 10.6 Å². The van der Waals surface area contributed by atoms with Crippen molar-refractivity contribution in [3.8, 4) is 0 Å². The Labute approximate surface area is 79.3 Å². The Hall–Kier alpha value is -0.570. The van der Waals surface area contributed by atoms with Crippen molar-refractivity contribution in [3.63, 3.8) is 0 Å². The average molecular weight is 182 g/mol. The third-order valence-electron chi connectivity index (χ3n) is 3.19. The lowest BCUT2D eigenvalue weighted by Gasteiger charge is -2.30. The lowest BCUT2D eigenvalue weighted by molar-refractivity contribution is -0.122. The molecule has 2 rings (SSSR count). The second kappa shape index (κ2) is 4.09. The molecule has 1 unspecified atom stereocenters. The van der Waals surface area contributed by atoms with E-state index in [4.69, 9.17) is 0 Å². The Bertz CT molecular complexity index is 179. The van der Waals surface area contributed by atoms with Gasteiger partial charge >= 0.3 is 0 Å². The average Bonchev–Trinajstić information content (AvgIpc) is 2.05. The molecule has 1 saturated carbocycles. The number of hydrogen-bond donors (Lipinski definition) is 2. The minimum Gasteiger partial charge on any atom is -0.355 e. The Kier molecular flexibility index (Phi) is 2.83. The Morgan fingerprint density at radius 2 is 2.23 bits per heavy atom. The minimum atomic E-state index is 0.210. The van der Waals surface area contributed by atoms with Crippen LogP contribution in [0, 0.1) is 5.92 Å². The zero-order valence-electron chi connectivity index (χ0n) is 8.01. The highest BCUT2D eigenvalue weighted by atomic mass is 16.1. The van der Waals surface area contributed by atoms with Crippen molar-refractivity contribution in [1.82, 2.24) is 10.6 Å². The first-order chi connectivity index (χ1) is 6.34. The monoisotopic (exact) mass is 182 g/mol. The molecule has 74 valence electrons. The van der Waals surface area contributed by atoms with Crippen molar-refractivity contribution in [2.24, 2.45) is 5.92 Å². The molecule has 0 aromatic carbocycles. The first-order valence-corrected chi connectivity index (χ1v) is 5.34. The lowest BCUT2D eigenvalue weighted by atomic mass is 9.85. The van der Waals surface area contributed by atoms with E-state index in [1.807, 2.05) is 0 Å². The summed E-state index contributed by atoms with van der Waals surface area (Å²) in [7, 11) is 0. The van der Waals surface area contributed by atoms with Gasteiger partial charge in [0.05, 0.1) is 0 Å². The van der Waals surface area contributed by atoms with Crippen LogP contribution in [0.4, 0.5) is 0 Å². The highest BCUT2D eigenvalue weighted by molar-refractivity contribution is 5.76. The van der Waals surface area contributed by atoms with E-state index in [1.54, 1.807) is 0 Å². The summed E-state index contributed by atoms with van der Waals surface area (Å²) in [5, 5.41) is 6.42. The molecule has 13 heavy (non-hydrogen) atoms. The third kappa shape index (κ3) is 2.44. The van der Waals surface area contributed by atoms with Crippen LogP contribution in [0.3, 0.4) is 0 Å². The molecule has 3 nitrogen and oxygen atoms in total. The molecule has 1 atom stereocenters. The van der Waals surface area contributed by atoms with E-state index in [0.717, 1.165) is 25.4 Å². The van der Waals surface area contributed by atoms with Crippen molar-refractivity contribution in [1.29, 1.82) is 0 Å². The van der Waals surface area contributed by atoms with Crippen LogP contribution in [0.25, 0.3) is 0 Å². The van der Waals surface area contributed by atoms with E-state index < -0.39 is 0 Å². The summed E-state index contributed by atoms with van der Waals surface area (Å²) in [6.07, 6.45) is 5.91. The van der Waals surface area contributed by atoms with Gasteiger partial charge in [0.15, 0.2) is 0 Å². The lowest BCUT2D eigenvalue weighted by Crippen LogP contribution is -2.47. The SMILES string of the molecule is O=C1CCC(NCC2CCC2)CN1. The van der Waals surface area contributed by atoms with Gasteiger partial charge in [-0.1, -0.05) is 6.42 Å². The van der Waals surface area contributed by atoms with Crippen molar-refractivity contribution in [2.75, 3.05) is 13.1 Å². The fourth-order valence-corrected chi connectivity index (χ4v) is 1.94. The number of piperidine rings is 1. The molecule has 1 aliphatic carbocycles. The molecule has 0 bridgehead atoms. The molecule has 1 amide bonds. The molecule has 1 heterocycles. The van der Waals surface area contributed by atoms with Gasteiger partial charge in [0.2, 0.25) is 5.91 Å². The zero-order valence-corrected chi connectivity index (χ0v) is 8.01. The molecular formula is C10H18N2O. The Morgan fingerprint density at radius 3 is 2.77 bits per heavy atom. The van der Waals surface area contributed by atoms with Gasteiger partial charge in [-0.25, -0.2) is 0 Å². The van der Waals surface area contributed by atoms with Gasteiger partial charge in [0.1, 0.15) is 0 Å². The molecular weight excluding hydrogens is 164 g/mol. The fraction of sp³-hybridized carbons (Fsp3) is 0.900. The number of carbonyl (C=O) groups excluding carboxylic acids is 1. The standard InChI is InChI=1S/C10H18N2O/c13-10-5-4-9(7-12-10)11-6-8-2-1-3-8/h8-9,11H,1-7H2,(H,12,13). The van der Waals surface area contributed by atoms with E-state index in [2.05, 4.69) is 10.6 Å². The quantitative estimate of drug-likeness (QED) is 0.673. The summed E-state index contributed by atoms with van der Waals surface area (Å²) in [6.45, 7) is 1.98. The zero-order chi connectivity index (χ0) is 9.10. The first kappa shape index (κ1) is 9.00. The molecule has 2 fully saturated rings. The van der Waals surface area contributed by atoms with Crippen LogP contribution in [0.15, 0.2) is 0 Å². The maximum absolute atomic E-state index is 10.9. The van der Waals surface area contributed by atoms with Gasteiger partial charge in [-0.15, -0.1) is 0 Å². The maximum atomic E-state index is 10.9. The molecule has 1 saturated heterocycles. The van der Waals surface area contributed by atoms with E-state index in [0.29, 0.717) is 12.5 Å². The Balaban J connectivity index is 1.61. The third-order valence-corrected chi connectivity index (χ3v) is 3.19. The number of carbonyl (C=O) groups is 1. The molecule has 0 radical (unpaired) electrons. The largest absolute Gasteiger partial charge is 0.355 e. The van der Waals surface area contributed by atoms with Gasteiger partial charge in [0, 0.05) is 19.0 Å². The second-order valence-electron chi connectivity index (χ2n) is 4.24. The van der Waals surface area contributed by atoms with E-state index in [1.165, 1.54) is 19.3 Å². The van der Waals surface area contributed by atoms with Crippen LogP contribution in [0.5, 0.6) is 0 Å². The smallest absolute Gasteiger partial charge is 0.220 e. The van der Waals surface area contributed by atoms with Crippen molar-refractivity contribution in [2.45, 2.75) is 38.1 Å². The molecule has 1 aliphatic heterocycles. The van der Waals surface area contributed by atoms with E-state index >= 15 is 0 Å². The van der Waals surface area contributed by atoms with Crippen molar-refractivity contribution < 1.29 is 4.79 Å². The molecule has 2 N–H and O–H groups in total. The van der Waals surface area contributed by atoms with E-state index in [-0.39, 0.29) is 5.91 Å². The summed E-state index contributed by atoms with van der Waals surface area (Å²) >= 11 is 0. The molecule has 0 aromatic heterocycles. The van der Waals surface area contributed by atoms with Crippen molar-refractivity contribution >= 4 is 5.91 Å². The summed E-state index contributed by atoms with van der Waals surface area (Å²) in [6, 6.07) is 0.526.